The molecule has 1 unspecified atom stereocenters. The normalized spacial score (nSPS) is 19.0. The third-order valence-electron chi connectivity index (χ3n) is 6.29. The Morgan fingerprint density at radius 3 is 2.36 bits per heavy atom. The summed E-state index contributed by atoms with van der Waals surface area (Å²) in [4.78, 5) is 30.0. The van der Waals surface area contributed by atoms with Crippen LogP contribution >= 0.6 is 11.3 Å². The topological polar surface area (TPSA) is 101 Å². The van der Waals surface area contributed by atoms with Gasteiger partial charge in [0.25, 0.3) is 5.69 Å². The average molecular weight is 468 g/mol. The minimum Gasteiger partial charge on any atom is -0.368 e. The van der Waals surface area contributed by atoms with Gasteiger partial charge in [0.15, 0.2) is 0 Å². The van der Waals surface area contributed by atoms with Gasteiger partial charge in [0.05, 0.1) is 10.8 Å². The molecular formula is C22H25N7O3S. The second-order valence-electron chi connectivity index (χ2n) is 8.33. The van der Waals surface area contributed by atoms with Crippen molar-refractivity contribution < 1.29 is 9.72 Å². The molecule has 2 aliphatic rings. The van der Waals surface area contributed by atoms with Gasteiger partial charge in [-0.15, -0.1) is 10.2 Å². The molecule has 0 aliphatic carbocycles. The van der Waals surface area contributed by atoms with E-state index in [4.69, 9.17) is 0 Å². The Labute approximate surface area is 195 Å². The van der Waals surface area contributed by atoms with Crippen molar-refractivity contribution in [3.8, 4) is 5.13 Å². The standard InChI is InChI=1S/C22H25N7O3S/c30-20(26-14-12-25(13-15-26)18-5-7-19(8-6-18)29(31)32)17-4-3-11-28(16-17)22-24-23-21(33-22)27-9-1-2-10-27/h1-2,5-10,17H,3-4,11-16H2. The molecule has 2 fully saturated rings. The first-order valence-electron chi connectivity index (χ1n) is 11.1. The Kier molecular flexibility index (Phi) is 5.95. The van der Waals surface area contributed by atoms with Crippen LogP contribution in [0.3, 0.4) is 0 Å². The Morgan fingerprint density at radius 2 is 1.67 bits per heavy atom. The van der Waals surface area contributed by atoms with Crippen molar-refractivity contribution in [2.24, 2.45) is 5.92 Å². The van der Waals surface area contributed by atoms with Crippen molar-refractivity contribution in [1.82, 2.24) is 19.7 Å². The number of nitrogens with zero attached hydrogens (tertiary/aromatic N) is 7. The van der Waals surface area contributed by atoms with Crippen LogP contribution in [0, 0.1) is 16.0 Å². The summed E-state index contributed by atoms with van der Waals surface area (Å²) in [6.07, 6.45) is 5.74. The molecule has 5 rings (SSSR count). The number of hydrogen-bond donors (Lipinski definition) is 0. The summed E-state index contributed by atoms with van der Waals surface area (Å²) in [7, 11) is 0. The lowest BCUT2D eigenvalue weighted by Crippen LogP contribution is -2.52. The molecule has 2 aromatic heterocycles. The molecule has 2 aliphatic heterocycles. The number of non-ortho nitro benzene ring substituents is 1. The minimum absolute atomic E-state index is 0.0383. The third kappa shape index (κ3) is 4.54. The van der Waals surface area contributed by atoms with Crippen LogP contribution in [0.4, 0.5) is 16.5 Å². The van der Waals surface area contributed by atoms with E-state index < -0.39 is 4.92 Å². The van der Waals surface area contributed by atoms with Gasteiger partial charge >= 0.3 is 0 Å². The van der Waals surface area contributed by atoms with E-state index in [9.17, 15) is 14.9 Å². The second-order valence-corrected chi connectivity index (χ2v) is 9.26. The summed E-state index contributed by atoms with van der Waals surface area (Å²) in [6.45, 7) is 4.30. The summed E-state index contributed by atoms with van der Waals surface area (Å²) in [5.74, 6) is 0.168. The Bertz CT molecular complexity index is 1110. The van der Waals surface area contributed by atoms with E-state index in [-0.39, 0.29) is 17.5 Å². The molecule has 1 aromatic carbocycles. The van der Waals surface area contributed by atoms with Crippen molar-refractivity contribution in [3.63, 3.8) is 0 Å². The summed E-state index contributed by atoms with van der Waals surface area (Å²) < 4.78 is 1.94. The fourth-order valence-corrected chi connectivity index (χ4v) is 5.33. The maximum absolute atomic E-state index is 13.3. The molecule has 0 saturated carbocycles. The molecule has 0 radical (unpaired) electrons. The maximum atomic E-state index is 13.3. The number of aromatic nitrogens is 3. The van der Waals surface area contributed by atoms with Crippen LogP contribution in [-0.4, -0.2) is 69.8 Å². The van der Waals surface area contributed by atoms with Crippen molar-refractivity contribution in [3.05, 3.63) is 58.9 Å². The van der Waals surface area contributed by atoms with Crippen molar-refractivity contribution >= 4 is 33.8 Å². The quantitative estimate of drug-likeness (QED) is 0.420. The van der Waals surface area contributed by atoms with Crippen LogP contribution < -0.4 is 9.80 Å². The zero-order valence-corrected chi connectivity index (χ0v) is 18.9. The van der Waals surface area contributed by atoms with E-state index >= 15 is 0 Å². The number of nitro groups is 1. The number of nitro benzene ring substituents is 1. The number of rotatable bonds is 5. The second kappa shape index (κ2) is 9.18. The van der Waals surface area contributed by atoms with Crippen LogP contribution in [0.25, 0.3) is 5.13 Å². The zero-order chi connectivity index (χ0) is 22.8. The number of anilines is 2. The number of benzene rings is 1. The average Bonchev–Trinajstić information content (AvgIpc) is 3.56. The van der Waals surface area contributed by atoms with E-state index in [2.05, 4.69) is 20.0 Å². The first kappa shape index (κ1) is 21.4. The number of hydrogen-bond acceptors (Lipinski definition) is 8. The molecule has 0 spiro atoms. The first-order valence-corrected chi connectivity index (χ1v) is 11.9. The molecule has 1 atom stereocenters. The molecule has 0 N–H and O–H groups in total. The van der Waals surface area contributed by atoms with Gasteiger partial charge in [-0.25, -0.2) is 0 Å². The number of piperazine rings is 1. The summed E-state index contributed by atoms with van der Waals surface area (Å²) in [5, 5.41) is 21.2. The van der Waals surface area contributed by atoms with E-state index in [0.717, 1.165) is 48.4 Å². The Hall–Kier alpha value is -3.47. The first-order chi connectivity index (χ1) is 16.1. The van der Waals surface area contributed by atoms with Crippen LogP contribution in [-0.2, 0) is 4.79 Å². The van der Waals surface area contributed by atoms with Gasteiger partial charge < -0.3 is 14.7 Å². The number of piperidine rings is 1. The molecule has 11 heteroatoms. The monoisotopic (exact) mass is 467 g/mol. The SMILES string of the molecule is O=C(C1CCCN(c2nnc(-n3cccc3)s2)C1)N1CCN(c2ccc([N+](=O)[O-])cc2)CC1. The molecule has 10 nitrogen and oxygen atoms in total. The van der Waals surface area contributed by atoms with Gasteiger partial charge in [-0.2, -0.15) is 0 Å². The van der Waals surface area contributed by atoms with Crippen molar-refractivity contribution in [1.29, 1.82) is 0 Å². The third-order valence-corrected chi connectivity index (χ3v) is 7.28. The van der Waals surface area contributed by atoms with Crippen LogP contribution in [0.2, 0.25) is 0 Å². The lowest BCUT2D eigenvalue weighted by Gasteiger charge is -2.39. The predicted molar refractivity (Wildman–Crippen MR) is 126 cm³/mol. The molecule has 3 aromatic rings. The van der Waals surface area contributed by atoms with Gasteiger partial charge in [-0.1, -0.05) is 11.3 Å². The molecule has 33 heavy (non-hydrogen) atoms. The molecule has 4 heterocycles. The maximum Gasteiger partial charge on any atom is 0.269 e. The van der Waals surface area contributed by atoms with E-state index in [1.54, 1.807) is 23.5 Å². The molecule has 0 bridgehead atoms. The largest absolute Gasteiger partial charge is 0.368 e. The highest BCUT2D eigenvalue weighted by atomic mass is 32.1. The van der Waals surface area contributed by atoms with Gasteiger partial charge in [0.2, 0.25) is 16.2 Å². The molecule has 1 amide bonds. The predicted octanol–water partition coefficient (Wildman–Crippen LogP) is 2.80. The highest BCUT2D eigenvalue weighted by Gasteiger charge is 2.32. The zero-order valence-electron chi connectivity index (χ0n) is 18.1. The summed E-state index contributed by atoms with van der Waals surface area (Å²) in [6, 6.07) is 10.5. The fraction of sp³-hybridized carbons (Fsp3) is 0.409. The van der Waals surface area contributed by atoms with Gasteiger partial charge in [0, 0.05) is 69.5 Å². The smallest absolute Gasteiger partial charge is 0.269 e. The molecular weight excluding hydrogens is 442 g/mol. The number of carbonyl (C=O) groups is 1. The highest BCUT2D eigenvalue weighted by Crippen LogP contribution is 2.29. The lowest BCUT2D eigenvalue weighted by atomic mass is 9.96. The number of carbonyl (C=O) groups excluding carboxylic acids is 1. The Morgan fingerprint density at radius 1 is 0.970 bits per heavy atom. The van der Waals surface area contributed by atoms with Crippen LogP contribution in [0.1, 0.15) is 12.8 Å². The number of amides is 1. The molecule has 172 valence electrons. The van der Waals surface area contributed by atoms with Crippen molar-refractivity contribution in [2.45, 2.75) is 12.8 Å². The summed E-state index contributed by atoms with van der Waals surface area (Å²) in [5.41, 5.74) is 1.04. The van der Waals surface area contributed by atoms with E-state index in [0.29, 0.717) is 19.6 Å². The van der Waals surface area contributed by atoms with Gasteiger partial charge in [0.1, 0.15) is 0 Å². The molecule has 2 saturated heterocycles. The van der Waals surface area contributed by atoms with Gasteiger partial charge in [-0.05, 0) is 37.1 Å². The van der Waals surface area contributed by atoms with Crippen molar-refractivity contribution in [2.75, 3.05) is 49.1 Å². The Balaban J connectivity index is 1.17. The van der Waals surface area contributed by atoms with E-state index in [1.807, 2.05) is 34.0 Å². The minimum atomic E-state index is -0.392. The van der Waals surface area contributed by atoms with Crippen LogP contribution in [0.5, 0.6) is 0 Å². The fourth-order valence-electron chi connectivity index (χ4n) is 4.48. The van der Waals surface area contributed by atoms with Crippen LogP contribution in [0.15, 0.2) is 48.8 Å². The van der Waals surface area contributed by atoms with E-state index in [1.165, 1.54) is 12.1 Å². The van der Waals surface area contributed by atoms with Gasteiger partial charge in [-0.3, -0.25) is 19.5 Å². The lowest BCUT2D eigenvalue weighted by molar-refractivity contribution is -0.384. The summed E-state index contributed by atoms with van der Waals surface area (Å²) >= 11 is 1.54. The highest BCUT2D eigenvalue weighted by molar-refractivity contribution is 7.17.